The van der Waals surface area contributed by atoms with Gasteiger partial charge < -0.3 is 10.2 Å². The van der Waals surface area contributed by atoms with Gasteiger partial charge in [-0.1, -0.05) is 27.2 Å². The second kappa shape index (κ2) is 6.39. The summed E-state index contributed by atoms with van der Waals surface area (Å²) in [6, 6.07) is 0. The van der Waals surface area contributed by atoms with Crippen molar-refractivity contribution in [2.45, 2.75) is 46.5 Å². The van der Waals surface area contributed by atoms with Crippen molar-refractivity contribution in [3.63, 3.8) is 0 Å². The van der Waals surface area contributed by atoms with Gasteiger partial charge in [-0.05, 0) is 31.7 Å². The molecule has 1 amide bonds. The average molecular weight is 240 g/mol. The summed E-state index contributed by atoms with van der Waals surface area (Å²) in [5.74, 6) is 0.422. The van der Waals surface area contributed by atoms with Gasteiger partial charge in [0.2, 0.25) is 5.91 Å². The molecule has 1 rings (SSSR count). The summed E-state index contributed by atoms with van der Waals surface area (Å²) >= 11 is 0. The van der Waals surface area contributed by atoms with E-state index in [9.17, 15) is 4.79 Å². The normalized spacial score (nSPS) is 26.9. The summed E-state index contributed by atoms with van der Waals surface area (Å²) in [7, 11) is 1.90. The van der Waals surface area contributed by atoms with E-state index in [1.807, 2.05) is 14.0 Å². The van der Waals surface area contributed by atoms with E-state index < -0.39 is 0 Å². The number of piperidine rings is 1. The highest BCUT2D eigenvalue weighted by molar-refractivity contribution is 5.78. The Hall–Kier alpha value is -0.570. The van der Waals surface area contributed by atoms with Crippen molar-refractivity contribution >= 4 is 5.91 Å². The summed E-state index contributed by atoms with van der Waals surface area (Å²) in [6.07, 6.45) is 4.88. The molecule has 1 N–H and O–H groups in total. The fourth-order valence-electron chi connectivity index (χ4n) is 3.02. The van der Waals surface area contributed by atoms with E-state index in [-0.39, 0.29) is 5.92 Å². The Morgan fingerprint density at radius 2 is 2.24 bits per heavy atom. The molecule has 3 nitrogen and oxygen atoms in total. The standard InChI is InChI=1S/C14H28N2O/c1-5-7-14(3)8-6-9-16(11-14)13(17)12(2)10-15-4/h12,15H,5-11H2,1-4H3. The lowest BCUT2D eigenvalue weighted by Gasteiger charge is -2.41. The van der Waals surface area contributed by atoms with Crippen LogP contribution in [0.2, 0.25) is 0 Å². The van der Waals surface area contributed by atoms with Crippen molar-refractivity contribution in [1.82, 2.24) is 10.2 Å². The molecule has 1 aliphatic heterocycles. The number of nitrogens with zero attached hydrogens (tertiary/aromatic N) is 1. The van der Waals surface area contributed by atoms with E-state index in [1.54, 1.807) is 0 Å². The van der Waals surface area contributed by atoms with Gasteiger partial charge in [-0.2, -0.15) is 0 Å². The average Bonchev–Trinajstić information content (AvgIpc) is 2.28. The van der Waals surface area contributed by atoms with E-state index in [0.717, 1.165) is 26.1 Å². The molecular formula is C14H28N2O. The van der Waals surface area contributed by atoms with Crippen LogP contribution in [0.25, 0.3) is 0 Å². The lowest BCUT2D eigenvalue weighted by atomic mass is 9.78. The molecule has 3 heteroatoms. The zero-order valence-corrected chi connectivity index (χ0v) is 11.9. The van der Waals surface area contributed by atoms with Crippen LogP contribution in [0.4, 0.5) is 0 Å². The Morgan fingerprint density at radius 1 is 1.53 bits per heavy atom. The minimum Gasteiger partial charge on any atom is -0.342 e. The Kier molecular flexibility index (Phi) is 5.44. The van der Waals surface area contributed by atoms with Crippen molar-refractivity contribution in [2.24, 2.45) is 11.3 Å². The molecule has 2 unspecified atom stereocenters. The van der Waals surface area contributed by atoms with E-state index in [0.29, 0.717) is 11.3 Å². The van der Waals surface area contributed by atoms with Crippen LogP contribution in [0.1, 0.15) is 46.5 Å². The Bertz CT molecular complexity index is 251. The second-order valence-corrected chi connectivity index (χ2v) is 5.88. The summed E-state index contributed by atoms with van der Waals surface area (Å²) in [4.78, 5) is 14.4. The molecule has 1 saturated heterocycles. The van der Waals surface area contributed by atoms with Gasteiger partial charge in [-0.25, -0.2) is 0 Å². The lowest BCUT2D eigenvalue weighted by molar-refractivity contribution is -0.138. The number of hydrogen-bond acceptors (Lipinski definition) is 2. The topological polar surface area (TPSA) is 32.3 Å². The Labute approximate surface area is 106 Å². The molecule has 1 aliphatic rings. The van der Waals surface area contributed by atoms with E-state index >= 15 is 0 Å². The van der Waals surface area contributed by atoms with Crippen LogP contribution in [0, 0.1) is 11.3 Å². The number of carbonyl (C=O) groups is 1. The quantitative estimate of drug-likeness (QED) is 0.799. The van der Waals surface area contributed by atoms with Crippen LogP contribution in [0.3, 0.4) is 0 Å². The maximum atomic E-state index is 12.3. The first-order valence-corrected chi connectivity index (χ1v) is 6.96. The third-order valence-corrected chi connectivity index (χ3v) is 3.88. The van der Waals surface area contributed by atoms with Crippen LogP contribution in [0.15, 0.2) is 0 Å². The monoisotopic (exact) mass is 240 g/mol. The van der Waals surface area contributed by atoms with Gasteiger partial charge in [0.05, 0.1) is 0 Å². The van der Waals surface area contributed by atoms with E-state index in [4.69, 9.17) is 0 Å². The molecule has 0 bridgehead atoms. The minimum absolute atomic E-state index is 0.101. The molecule has 0 aromatic rings. The number of likely N-dealkylation sites (tertiary alicyclic amines) is 1. The van der Waals surface area contributed by atoms with E-state index in [2.05, 4.69) is 24.1 Å². The van der Waals surface area contributed by atoms with Crippen LogP contribution in [-0.4, -0.2) is 37.5 Å². The molecule has 0 spiro atoms. The molecule has 0 saturated carbocycles. The van der Waals surface area contributed by atoms with Crippen LogP contribution >= 0.6 is 0 Å². The summed E-state index contributed by atoms with van der Waals surface area (Å²) < 4.78 is 0. The largest absolute Gasteiger partial charge is 0.342 e. The maximum absolute atomic E-state index is 12.3. The van der Waals surface area contributed by atoms with Crippen molar-refractivity contribution < 1.29 is 4.79 Å². The van der Waals surface area contributed by atoms with E-state index in [1.165, 1.54) is 19.3 Å². The van der Waals surface area contributed by atoms with Crippen LogP contribution < -0.4 is 5.32 Å². The third-order valence-electron chi connectivity index (χ3n) is 3.88. The van der Waals surface area contributed by atoms with Gasteiger partial charge in [0, 0.05) is 25.6 Å². The van der Waals surface area contributed by atoms with Crippen LogP contribution in [-0.2, 0) is 4.79 Å². The SMILES string of the molecule is CCCC1(C)CCCN(C(=O)C(C)CNC)C1. The Morgan fingerprint density at radius 3 is 2.82 bits per heavy atom. The predicted octanol–water partition coefficient (Wildman–Crippen LogP) is 2.27. The minimum atomic E-state index is 0.101. The smallest absolute Gasteiger partial charge is 0.226 e. The molecule has 100 valence electrons. The number of hydrogen-bond donors (Lipinski definition) is 1. The highest BCUT2D eigenvalue weighted by atomic mass is 16.2. The molecule has 0 aliphatic carbocycles. The van der Waals surface area contributed by atoms with Gasteiger partial charge >= 0.3 is 0 Å². The zero-order chi connectivity index (χ0) is 12.9. The Balaban J connectivity index is 2.57. The van der Waals surface area contributed by atoms with Crippen molar-refractivity contribution in [3.8, 4) is 0 Å². The third kappa shape index (κ3) is 3.98. The zero-order valence-electron chi connectivity index (χ0n) is 11.9. The predicted molar refractivity (Wildman–Crippen MR) is 71.9 cm³/mol. The van der Waals surface area contributed by atoms with Gasteiger partial charge in [0.1, 0.15) is 0 Å². The molecule has 0 aromatic heterocycles. The van der Waals surface area contributed by atoms with Gasteiger partial charge in [0.15, 0.2) is 0 Å². The fraction of sp³-hybridized carbons (Fsp3) is 0.929. The van der Waals surface area contributed by atoms with Crippen LogP contribution in [0.5, 0.6) is 0 Å². The molecule has 1 heterocycles. The molecule has 1 fully saturated rings. The first kappa shape index (κ1) is 14.5. The first-order valence-electron chi connectivity index (χ1n) is 6.96. The molecular weight excluding hydrogens is 212 g/mol. The maximum Gasteiger partial charge on any atom is 0.226 e. The number of nitrogens with one attached hydrogen (secondary N) is 1. The van der Waals surface area contributed by atoms with Crippen molar-refractivity contribution in [2.75, 3.05) is 26.7 Å². The number of amides is 1. The summed E-state index contributed by atoms with van der Waals surface area (Å²) in [6.45, 7) is 9.26. The molecule has 2 atom stereocenters. The van der Waals surface area contributed by atoms with Gasteiger partial charge in [-0.15, -0.1) is 0 Å². The number of carbonyl (C=O) groups excluding carboxylic acids is 1. The van der Waals surface area contributed by atoms with Gasteiger partial charge in [-0.3, -0.25) is 4.79 Å². The molecule has 17 heavy (non-hydrogen) atoms. The highest BCUT2D eigenvalue weighted by Crippen LogP contribution is 2.34. The molecule has 0 radical (unpaired) electrons. The van der Waals surface area contributed by atoms with Gasteiger partial charge in [0.25, 0.3) is 0 Å². The highest BCUT2D eigenvalue weighted by Gasteiger charge is 2.33. The van der Waals surface area contributed by atoms with Crippen molar-refractivity contribution in [1.29, 1.82) is 0 Å². The lowest BCUT2D eigenvalue weighted by Crippen LogP contribution is -2.47. The summed E-state index contributed by atoms with van der Waals surface area (Å²) in [5.41, 5.74) is 0.349. The fourth-order valence-corrected chi connectivity index (χ4v) is 3.02. The number of rotatable bonds is 5. The summed E-state index contributed by atoms with van der Waals surface area (Å²) in [5, 5.41) is 3.09. The first-order chi connectivity index (χ1) is 8.02. The second-order valence-electron chi connectivity index (χ2n) is 5.88. The van der Waals surface area contributed by atoms with Crippen molar-refractivity contribution in [3.05, 3.63) is 0 Å². The molecule has 0 aromatic carbocycles.